The van der Waals surface area contributed by atoms with Crippen molar-refractivity contribution in [1.82, 2.24) is 14.7 Å². The maximum absolute atomic E-state index is 12.7. The Balaban J connectivity index is 1.46. The van der Waals surface area contributed by atoms with E-state index < -0.39 is 0 Å². The number of benzene rings is 1. The van der Waals surface area contributed by atoms with Crippen molar-refractivity contribution in [2.24, 2.45) is 0 Å². The predicted molar refractivity (Wildman–Crippen MR) is 108 cm³/mol. The number of hydrogen-bond acceptors (Lipinski definition) is 5. The molecule has 7 heteroatoms. The SMILES string of the molecule is Cc1cn2c(C(=O)NCc3cccc(N4CCC(O)CC4)c3)c(C)nc2s1. The maximum Gasteiger partial charge on any atom is 0.270 e. The Labute approximate surface area is 162 Å². The fraction of sp³-hybridized carbons (Fsp3) is 0.400. The first-order valence-electron chi connectivity index (χ1n) is 9.26. The first kappa shape index (κ1) is 18.0. The van der Waals surface area contributed by atoms with E-state index in [9.17, 15) is 9.90 Å². The maximum atomic E-state index is 12.7. The summed E-state index contributed by atoms with van der Waals surface area (Å²) in [5, 5.41) is 12.7. The monoisotopic (exact) mass is 384 g/mol. The van der Waals surface area contributed by atoms with Crippen molar-refractivity contribution < 1.29 is 9.90 Å². The number of imidazole rings is 1. The van der Waals surface area contributed by atoms with Crippen LogP contribution in [0.4, 0.5) is 5.69 Å². The highest BCUT2D eigenvalue weighted by atomic mass is 32.1. The van der Waals surface area contributed by atoms with Crippen LogP contribution >= 0.6 is 11.3 Å². The van der Waals surface area contributed by atoms with Crippen molar-refractivity contribution in [3.05, 3.63) is 52.3 Å². The number of nitrogens with zero attached hydrogens (tertiary/aromatic N) is 3. The van der Waals surface area contributed by atoms with Gasteiger partial charge in [0.25, 0.3) is 5.91 Å². The van der Waals surface area contributed by atoms with Crippen molar-refractivity contribution in [2.75, 3.05) is 18.0 Å². The number of amides is 1. The molecule has 1 aliphatic rings. The minimum atomic E-state index is -0.180. The molecule has 27 heavy (non-hydrogen) atoms. The number of piperidine rings is 1. The molecule has 1 fully saturated rings. The number of aliphatic hydroxyl groups excluding tert-OH is 1. The highest BCUT2D eigenvalue weighted by Gasteiger charge is 2.19. The lowest BCUT2D eigenvalue weighted by Crippen LogP contribution is -2.35. The molecule has 6 nitrogen and oxygen atoms in total. The van der Waals surface area contributed by atoms with Gasteiger partial charge in [0.2, 0.25) is 0 Å². The van der Waals surface area contributed by atoms with Gasteiger partial charge >= 0.3 is 0 Å². The molecule has 0 atom stereocenters. The van der Waals surface area contributed by atoms with E-state index in [0.717, 1.165) is 52.7 Å². The highest BCUT2D eigenvalue weighted by Crippen LogP contribution is 2.22. The molecule has 4 rings (SSSR count). The second-order valence-electron chi connectivity index (χ2n) is 7.11. The molecule has 0 saturated carbocycles. The third-order valence-electron chi connectivity index (χ3n) is 5.02. The van der Waals surface area contributed by atoms with Gasteiger partial charge in [-0.2, -0.15) is 0 Å². The molecule has 1 aromatic carbocycles. The lowest BCUT2D eigenvalue weighted by atomic mass is 10.1. The van der Waals surface area contributed by atoms with Gasteiger partial charge in [0.1, 0.15) is 5.69 Å². The van der Waals surface area contributed by atoms with Crippen LogP contribution in [0.15, 0.2) is 30.5 Å². The van der Waals surface area contributed by atoms with Gasteiger partial charge < -0.3 is 15.3 Å². The Morgan fingerprint density at radius 3 is 2.89 bits per heavy atom. The molecule has 0 radical (unpaired) electrons. The first-order valence-corrected chi connectivity index (χ1v) is 10.1. The standard InChI is InChI=1S/C20H24N4O2S/c1-13-12-24-18(14(2)22-20(24)27-13)19(26)21-11-15-4-3-5-16(10-15)23-8-6-17(25)7-9-23/h3-5,10,12,17,25H,6-9,11H2,1-2H3,(H,21,26). The van der Waals surface area contributed by atoms with E-state index in [1.165, 1.54) is 0 Å². The average molecular weight is 385 g/mol. The number of fused-ring (bicyclic) bond motifs is 1. The van der Waals surface area contributed by atoms with Crippen LogP contribution in [0, 0.1) is 13.8 Å². The molecular formula is C20H24N4O2S. The van der Waals surface area contributed by atoms with Gasteiger partial charge in [0.05, 0.1) is 11.8 Å². The molecule has 0 spiro atoms. The number of nitrogens with one attached hydrogen (secondary N) is 1. The Morgan fingerprint density at radius 2 is 2.11 bits per heavy atom. The molecule has 1 amide bonds. The van der Waals surface area contributed by atoms with E-state index in [-0.39, 0.29) is 12.0 Å². The molecule has 142 valence electrons. The fourth-order valence-corrected chi connectivity index (χ4v) is 4.46. The van der Waals surface area contributed by atoms with Crippen LogP contribution < -0.4 is 10.2 Å². The molecule has 2 aromatic heterocycles. The highest BCUT2D eigenvalue weighted by molar-refractivity contribution is 7.17. The number of aliphatic hydroxyl groups is 1. The zero-order valence-corrected chi connectivity index (χ0v) is 16.4. The van der Waals surface area contributed by atoms with Crippen LogP contribution in [-0.2, 0) is 6.54 Å². The lowest BCUT2D eigenvalue weighted by Gasteiger charge is -2.31. The number of anilines is 1. The Kier molecular flexibility index (Phi) is 4.88. The zero-order valence-electron chi connectivity index (χ0n) is 15.6. The van der Waals surface area contributed by atoms with E-state index >= 15 is 0 Å². The molecule has 3 heterocycles. The topological polar surface area (TPSA) is 69.9 Å². The summed E-state index contributed by atoms with van der Waals surface area (Å²) in [6.07, 6.45) is 3.38. The Morgan fingerprint density at radius 1 is 1.33 bits per heavy atom. The largest absolute Gasteiger partial charge is 0.393 e. The van der Waals surface area contributed by atoms with Crippen molar-refractivity contribution >= 4 is 27.9 Å². The quantitative estimate of drug-likeness (QED) is 0.726. The summed E-state index contributed by atoms with van der Waals surface area (Å²) in [6, 6.07) is 8.25. The smallest absolute Gasteiger partial charge is 0.270 e. The molecule has 1 aliphatic heterocycles. The molecule has 2 N–H and O–H groups in total. The van der Waals surface area contributed by atoms with Crippen molar-refractivity contribution in [2.45, 2.75) is 39.3 Å². The molecule has 0 bridgehead atoms. The number of carbonyl (C=O) groups excluding carboxylic acids is 1. The van der Waals surface area contributed by atoms with Gasteiger partial charge in [-0.05, 0) is 44.4 Å². The van der Waals surface area contributed by atoms with Gasteiger partial charge in [-0.1, -0.05) is 12.1 Å². The van der Waals surface area contributed by atoms with Crippen LogP contribution in [0.5, 0.6) is 0 Å². The van der Waals surface area contributed by atoms with Gasteiger partial charge in [-0.25, -0.2) is 4.98 Å². The third-order valence-corrected chi connectivity index (χ3v) is 5.92. The molecular weight excluding hydrogens is 360 g/mol. The van der Waals surface area contributed by atoms with Gasteiger partial charge in [-0.15, -0.1) is 11.3 Å². The Bertz CT molecular complexity index is 970. The number of rotatable bonds is 4. The average Bonchev–Trinajstić information content (AvgIpc) is 3.14. The van der Waals surface area contributed by atoms with E-state index in [0.29, 0.717) is 12.2 Å². The van der Waals surface area contributed by atoms with Crippen LogP contribution in [0.2, 0.25) is 0 Å². The van der Waals surface area contributed by atoms with Crippen LogP contribution in [0.3, 0.4) is 0 Å². The summed E-state index contributed by atoms with van der Waals surface area (Å²) in [6.45, 7) is 6.08. The fourth-order valence-electron chi connectivity index (χ4n) is 3.59. The van der Waals surface area contributed by atoms with Crippen LogP contribution in [0.25, 0.3) is 4.96 Å². The van der Waals surface area contributed by atoms with E-state index in [1.807, 2.05) is 36.6 Å². The second kappa shape index (κ2) is 7.32. The third kappa shape index (κ3) is 3.70. The summed E-state index contributed by atoms with van der Waals surface area (Å²) in [5.74, 6) is -0.107. The minimum absolute atomic E-state index is 0.107. The van der Waals surface area contributed by atoms with Gasteiger partial charge in [-0.3, -0.25) is 9.20 Å². The van der Waals surface area contributed by atoms with Crippen molar-refractivity contribution in [3.63, 3.8) is 0 Å². The summed E-state index contributed by atoms with van der Waals surface area (Å²) >= 11 is 1.59. The molecule has 0 aliphatic carbocycles. The Hall–Kier alpha value is -2.38. The lowest BCUT2D eigenvalue weighted by molar-refractivity contribution is 0.0944. The van der Waals surface area contributed by atoms with Crippen molar-refractivity contribution in [3.8, 4) is 0 Å². The zero-order chi connectivity index (χ0) is 19.0. The first-order chi connectivity index (χ1) is 13.0. The second-order valence-corrected chi connectivity index (χ2v) is 8.32. The number of hydrogen-bond donors (Lipinski definition) is 2. The molecule has 1 saturated heterocycles. The van der Waals surface area contributed by atoms with Crippen molar-refractivity contribution in [1.29, 1.82) is 0 Å². The van der Waals surface area contributed by atoms with E-state index in [1.54, 1.807) is 11.3 Å². The summed E-state index contributed by atoms with van der Waals surface area (Å²) in [4.78, 5) is 21.5. The predicted octanol–water partition coefficient (Wildman–Crippen LogP) is 2.90. The number of aromatic nitrogens is 2. The summed E-state index contributed by atoms with van der Waals surface area (Å²) in [7, 11) is 0. The number of thiazole rings is 1. The minimum Gasteiger partial charge on any atom is -0.393 e. The van der Waals surface area contributed by atoms with E-state index in [2.05, 4.69) is 27.3 Å². The molecule has 0 unspecified atom stereocenters. The molecule has 3 aromatic rings. The van der Waals surface area contributed by atoms with Gasteiger partial charge in [0.15, 0.2) is 4.96 Å². The summed E-state index contributed by atoms with van der Waals surface area (Å²) in [5.41, 5.74) is 3.56. The summed E-state index contributed by atoms with van der Waals surface area (Å²) < 4.78 is 1.88. The van der Waals surface area contributed by atoms with E-state index in [4.69, 9.17) is 0 Å². The van der Waals surface area contributed by atoms with Crippen LogP contribution in [0.1, 0.15) is 39.5 Å². The number of aryl methyl sites for hydroxylation is 2. The number of carbonyl (C=O) groups is 1. The van der Waals surface area contributed by atoms with Gasteiger partial charge in [0, 0.05) is 36.4 Å². The van der Waals surface area contributed by atoms with Crippen LogP contribution in [-0.4, -0.2) is 39.6 Å². The normalized spacial score (nSPS) is 15.4.